The number of nitroso groups, excluding NO2 is 1. The molecule has 0 aromatic carbocycles. The van der Waals surface area contributed by atoms with Gasteiger partial charge in [0.1, 0.15) is 11.7 Å². The van der Waals surface area contributed by atoms with Gasteiger partial charge in [0, 0.05) is 6.42 Å². The predicted molar refractivity (Wildman–Crippen MR) is 63.2 cm³/mol. The number of aromatic nitrogens is 2. The highest BCUT2D eigenvalue weighted by molar-refractivity contribution is 6.23. The molecule has 0 aliphatic rings. The van der Waals surface area contributed by atoms with E-state index in [9.17, 15) is 15.0 Å². The standard InChI is InChI=1S/C9H13ClN4O3/c1-5-6(12-8(11-5)14(16)17)4-7(13-15)9(2,3)10/h7H,4H2,1-3H3,(H,11,12). The predicted octanol–water partition coefficient (Wildman–Crippen LogP) is 2.32. The Hall–Kier alpha value is -1.50. The molecule has 1 aromatic heterocycles. The fourth-order valence-electron chi connectivity index (χ4n) is 1.35. The Labute approximate surface area is 103 Å². The second-order valence-electron chi connectivity index (χ2n) is 4.28. The van der Waals surface area contributed by atoms with Gasteiger partial charge in [0.15, 0.2) is 5.69 Å². The highest BCUT2D eigenvalue weighted by Crippen LogP contribution is 2.25. The lowest BCUT2D eigenvalue weighted by atomic mass is 9.99. The number of imidazole rings is 1. The van der Waals surface area contributed by atoms with Crippen LogP contribution in [0.5, 0.6) is 0 Å². The molecule has 7 nitrogen and oxygen atoms in total. The summed E-state index contributed by atoms with van der Waals surface area (Å²) in [4.78, 5) is 26.1. The van der Waals surface area contributed by atoms with Crippen molar-refractivity contribution in [2.45, 2.75) is 38.1 Å². The van der Waals surface area contributed by atoms with Crippen LogP contribution in [0.1, 0.15) is 25.2 Å². The number of halogens is 1. The van der Waals surface area contributed by atoms with Crippen LogP contribution in [-0.2, 0) is 6.42 Å². The molecule has 1 aromatic rings. The third kappa shape index (κ3) is 3.23. The van der Waals surface area contributed by atoms with Crippen molar-refractivity contribution in [1.82, 2.24) is 9.97 Å². The molecule has 94 valence electrons. The summed E-state index contributed by atoms with van der Waals surface area (Å²) >= 11 is 6.01. The molecule has 0 radical (unpaired) electrons. The van der Waals surface area contributed by atoms with Crippen LogP contribution in [0, 0.1) is 21.9 Å². The van der Waals surface area contributed by atoms with Crippen molar-refractivity contribution < 1.29 is 4.92 Å². The molecule has 1 atom stereocenters. The van der Waals surface area contributed by atoms with Crippen LogP contribution in [0.25, 0.3) is 0 Å². The van der Waals surface area contributed by atoms with Gasteiger partial charge in [0.25, 0.3) is 0 Å². The summed E-state index contributed by atoms with van der Waals surface area (Å²) in [6.45, 7) is 4.98. The topological polar surface area (TPSA) is 101 Å². The maximum Gasteiger partial charge on any atom is 0.432 e. The van der Waals surface area contributed by atoms with Crippen LogP contribution in [0.2, 0.25) is 0 Å². The first-order chi connectivity index (χ1) is 7.75. The van der Waals surface area contributed by atoms with Gasteiger partial charge in [0.2, 0.25) is 0 Å². The number of nitro groups is 1. The molecule has 8 heteroatoms. The Bertz CT molecular complexity index is 438. The largest absolute Gasteiger partial charge is 0.432 e. The monoisotopic (exact) mass is 260 g/mol. The van der Waals surface area contributed by atoms with Crippen LogP contribution in [-0.4, -0.2) is 25.8 Å². The summed E-state index contributed by atoms with van der Waals surface area (Å²) < 4.78 is 0. The molecule has 17 heavy (non-hydrogen) atoms. The van der Waals surface area contributed by atoms with E-state index in [0.29, 0.717) is 11.4 Å². The fourth-order valence-corrected chi connectivity index (χ4v) is 1.47. The van der Waals surface area contributed by atoms with Gasteiger partial charge < -0.3 is 10.1 Å². The lowest BCUT2D eigenvalue weighted by molar-refractivity contribution is -0.393. The summed E-state index contributed by atoms with van der Waals surface area (Å²) in [5.41, 5.74) is 0.987. The molecular weight excluding hydrogens is 248 g/mol. The van der Waals surface area contributed by atoms with Crippen molar-refractivity contribution in [3.8, 4) is 0 Å². The second kappa shape index (κ2) is 4.79. The van der Waals surface area contributed by atoms with Crippen molar-refractivity contribution in [1.29, 1.82) is 0 Å². The van der Waals surface area contributed by atoms with E-state index in [1.165, 1.54) is 0 Å². The van der Waals surface area contributed by atoms with E-state index in [4.69, 9.17) is 11.6 Å². The average Bonchev–Trinajstić information content (AvgIpc) is 2.54. The summed E-state index contributed by atoms with van der Waals surface area (Å²) in [5.74, 6) is -0.338. The quantitative estimate of drug-likeness (QED) is 0.380. The minimum absolute atomic E-state index is 0.177. The zero-order chi connectivity index (χ0) is 13.2. The summed E-state index contributed by atoms with van der Waals surface area (Å²) in [5, 5.41) is 13.5. The smallest absolute Gasteiger partial charge is 0.390 e. The van der Waals surface area contributed by atoms with E-state index in [0.717, 1.165) is 0 Å². The Morgan fingerprint density at radius 3 is 2.59 bits per heavy atom. The maximum atomic E-state index is 10.7. The van der Waals surface area contributed by atoms with Crippen LogP contribution in [0.4, 0.5) is 5.95 Å². The third-order valence-electron chi connectivity index (χ3n) is 2.45. The van der Waals surface area contributed by atoms with Crippen molar-refractivity contribution in [2.24, 2.45) is 5.18 Å². The van der Waals surface area contributed by atoms with Gasteiger partial charge in [0.05, 0.1) is 4.87 Å². The number of hydrogen-bond acceptors (Lipinski definition) is 5. The van der Waals surface area contributed by atoms with Gasteiger partial charge >= 0.3 is 5.95 Å². The zero-order valence-corrected chi connectivity index (χ0v) is 10.5. The highest BCUT2D eigenvalue weighted by atomic mass is 35.5. The van der Waals surface area contributed by atoms with Gasteiger partial charge in [-0.25, -0.2) is 4.98 Å². The minimum Gasteiger partial charge on any atom is -0.390 e. The molecule has 0 spiro atoms. The molecule has 0 aliphatic carbocycles. The number of aryl methyl sites for hydroxylation is 1. The van der Waals surface area contributed by atoms with E-state index >= 15 is 0 Å². The van der Waals surface area contributed by atoms with E-state index in [1.807, 2.05) is 0 Å². The number of hydrogen-bond donors (Lipinski definition) is 1. The summed E-state index contributed by atoms with van der Waals surface area (Å²) in [6.07, 6.45) is 0.177. The Morgan fingerprint density at radius 1 is 1.65 bits per heavy atom. The highest BCUT2D eigenvalue weighted by Gasteiger charge is 2.31. The van der Waals surface area contributed by atoms with Gasteiger partial charge in [-0.05, 0) is 25.7 Å². The first kappa shape index (κ1) is 13.6. The zero-order valence-electron chi connectivity index (χ0n) is 9.73. The molecule has 1 heterocycles. The molecule has 0 saturated heterocycles. The number of H-pyrrole nitrogens is 1. The van der Waals surface area contributed by atoms with Crippen molar-refractivity contribution in [3.63, 3.8) is 0 Å². The SMILES string of the molecule is Cc1[nH]c([N+](=O)[O-])nc1CC(N=O)C(C)(C)Cl. The van der Waals surface area contributed by atoms with E-state index in [1.54, 1.807) is 20.8 Å². The molecule has 1 rings (SSSR count). The fraction of sp³-hybridized carbons (Fsp3) is 0.667. The normalized spacial score (nSPS) is 13.4. The number of nitrogens with one attached hydrogen (secondary N) is 1. The molecule has 1 unspecified atom stereocenters. The first-order valence-electron chi connectivity index (χ1n) is 4.97. The molecule has 0 bridgehead atoms. The molecule has 0 aliphatic heterocycles. The Morgan fingerprint density at radius 2 is 2.24 bits per heavy atom. The van der Waals surface area contributed by atoms with Gasteiger partial charge in [-0.15, -0.1) is 11.6 Å². The maximum absolute atomic E-state index is 10.7. The summed E-state index contributed by atoms with van der Waals surface area (Å²) in [7, 11) is 0. The number of nitrogens with zero attached hydrogens (tertiary/aromatic N) is 3. The number of aromatic amines is 1. The third-order valence-corrected chi connectivity index (χ3v) is 2.70. The van der Waals surface area contributed by atoms with Crippen LogP contribution in [0.3, 0.4) is 0 Å². The second-order valence-corrected chi connectivity index (χ2v) is 5.25. The molecule has 0 amide bonds. The lowest BCUT2D eigenvalue weighted by Gasteiger charge is -2.20. The van der Waals surface area contributed by atoms with E-state index in [-0.39, 0.29) is 12.4 Å². The summed E-state index contributed by atoms with van der Waals surface area (Å²) in [6, 6.07) is -0.689. The Kier molecular flexibility index (Phi) is 3.82. The molecule has 0 fully saturated rings. The van der Waals surface area contributed by atoms with E-state index in [2.05, 4.69) is 15.1 Å². The van der Waals surface area contributed by atoms with Crippen molar-refractivity contribution in [2.75, 3.05) is 0 Å². The van der Waals surface area contributed by atoms with Crippen LogP contribution in [0.15, 0.2) is 5.18 Å². The molecule has 1 N–H and O–H groups in total. The first-order valence-corrected chi connectivity index (χ1v) is 5.34. The average molecular weight is 261 g/mol. The van der Waals surface area contributed by atoms with Gasteiger partial charge in [-0.2, -0.15) is 4.91 Å². The van der Waals surface area contributed by atoms with Gasteiger partial charge in [-0.3, -0.25) is 0 Å². The van der Waals surface area contributed by atoms with Crippen LogP contribution >= 0.6 is 11.6 Å². The molecular formula is C9H13ClN4O3. The van der Waals surface area contributed by atoms with Crippen molar-refractivity contribution >= 4 is 17.5 Å². The minimum atomic E-state index is -0.818. The number of rotatable bonds is 5. The van der Waals surface area contributed by atoms with E-state index < -0.39 is 15.8 Å². The Balaban J connectivity index is 2.94. The number of alkyl halides is 1. The lowest BCUT2D eigenvalue weighted by Crippen LogP contribution is -2.30. The molecule has 0 saturated carbocycles. The van der Waals surface area contributed by atoms with Crippen LogP contribution < -0.4 is 0 Å². The van der Waals surface area contributed by atoms with Crippen molar-refractivity contribution in [3.05, 3.63) is 26.4 Å². The van der Waals surface area contributed by atoms with Gasteiger partial charge in [-0.1, -0.05) is 10.2 Å².